The van der Waals surface area contributed by atoms with Crippen LogP contribution in [0.3, 0.4) is 0 Å². The summed E-state index contributed by atoms with van der Waals surface area (Å²) in [5.74, 6) is 0.196. The first-order valence-electron chi connectivity index (χ1n) is 9.51. The average molecular weight is 354 g/mol. The van der Waals surface area contributed by atoms with Crippen LogP contribution in [-0.4, -0.2) is 56.2 Å². The van der Waals surface area contributed by atoms with Gasteiger partial charge in [-0.2, -0.15) is 0 Å². The molecule has 2 aliphatic rings. The summed E-state index contributed by atoms with van der Waals surface area (Å²) in [4.78, 5) is 33.6. The van der Waals surface area contributed by atoms with Gasteiger partial charge >= 0.3 is 0 Å². The third-order valence-electron chi connectivity index (χ3n) is 6.17. The van der Waals surface area contributed by atoms with Crippen LogP contribution in [0, 0.1) is 6.92 Å². The Hall–Kier alpha value is -2.37. The van der Waals surface area contributed by atoms with E-state index in [9.17, 15) is 9.59 Å². The molecule has 0 bridgehead atoms. The Morgan fingerprint density at radius 1 is 1.12 bits per heavy atom. The molecular formula is C20H26N4O2. The number of imidazole rings is 1. The Bertz CT molecular complexity index is 851. The first-order chi connectivity index (χ1) is 12.5. The number of amides is 2. The van der Waals surface area contributed by atoms with E-state index in [1.807, 2.05) is 33.3 Å². The zero-order valence-corrected chi connectivity index (χ0v) is 15.6. The van der Waals surface area contributed by atoms with Gasteiger partial charge in [0.25, 0.3) is 5.91 Å². The highest BCUT2D eigenvalue weighted by Crippen LogP contribution is 2.37. The van der Waals surface area contributed by atoms with Crippen LogP contribution in [0.25, 0.3) is 5.52 Å². The molecule has 4 rings (SSSR count). The second-order valence-corrected chi connectivity index (χ2v) is 7.70. The maximum absolute atomic E-state index is 13.3. The van der Waals surface area contributed by atoms with Crippen molar-refractivity contribution in [1.29, 1.82) is 0 Å². The monoisotopic (exact) mass is 354 g/mol. The van der Waals surface area contributed by atoms with E-state index in [0.29, 0.717) is 19.6 Å². The van der Waals surface area contributed by atoms with Crippen LogP contribution >= 0.6 is 0 Å². The van der Waals surface area contributed by atoms with Crippen LogP contribution in [0.2, 0.25) is 0 Å². The van der Waals surface area contributed by atoms with Crippen LogP contribution in [0.1, 0.15) is 55.1 Å². The number of carbonyl (C=O) groups is 2. The van der Waals surface area contributed by atoms with Crippen LogP contribution < -0.4 is 0 Å². The second-order valence-electron chi connectivity index (χ2n) is 7.70. The van der Waals surface area contributed by atoms with Gasteiger partial charge in [0.05, 0.1) is 29.1 Å². The quantitative estimate of drug-likeness (QED) is 0.791. The SMILES string of the molecule is CC(=O)N1CCN(C(=O)c2ccc3cncn3c2C)CC12CCCCC2. The summed E-state index contributed by atoms with van der Waals surface area (Å²) in [6.45, 7) is 5.50. The molecule has 1 spiro atoms. The lowest BCUT2D eigenvalue weighted by molar-refractivity contribution is -0.141. The number of aryl methyl sites for hydroxylation is 1. The Kier molecular flexibility index (Phi) is 4.21. The molecule has 0 atom stereocenters. The standard InChI is InChI=1S/C20H26N4O2/c1-15-18(7-6-17-12-21-14-23(15)17)19(26)22-10-11-24(16(2)25)20(13-22)8-4-3-5-9-20/h6-7,12,14H,3-5,8-11,13H2,1-2H3. The zero-order chi connectivity index (χ0) is 18.3. The number of pyridine rings is 1. The largest absolute Gasteiger partial charge is 0.334 e. The number of fused-ring (bicyclic) bond motifs is 1. The molecule has 26 heavy (non-hydrogen) atoms. The van der Waals surface area contributed by atoms with E-state index in [4.69, 9.17) is 0 Å². The van der Waals surface area contributed by atoms with E-state index < -0.39 is 0 Å². The van der Waals surface area contributed by atoms with Crippen molar-refractivity contribution in [1.82, 2.24) is 19.2 Å². The molecule has 0 radical (unpaired) electrons. The van der Waals surface area contributed by atoms with Gasteiger partial charge < -0.3 is 14.2 Å². The maximum atomic E-state index is 13.3. The van der Waals surface area contributed by atoms with Crippen LogP contribution in [0.4, 0.5) is 0 Å². The van der Waals surface area contributed by atoms with Gasteiger partial charge in [0.2, 0.25) is 5.91 Å². The van der Waals surface area contributed by atoms with Gasteiger partial charge in [-0.05, 0) is 31.9 Å². The molecule has 2 aromatic heterocycles. The van der Waals surface area contributed by atoms with Crippen LogP contribution in [0.15, 0.2) is 24.7 Å². The second kappa shape index (κ2) is 6.41. The summed E-state index contributed by atoms with van der Waals surface area (Å²) < 4.78 is 1.95. The summed E-state index contributed by atoms with van der Waals surface area (Å²) in [5.41, 5.74) is 2.45. The Balaban J connectivity index is 1.64. The molecule has 2 aromatic rings. The fourth-order valence-corrected chi connectivity index (χ4v) is 4.80. The van der Waals surface area contributed by atoms with Gasteiger partial charge in [0.1, 0.15) is 0 Å². The molecule has 2 fully saturated rings. The highest BCUT2D eigenvalue weighted by Gasteiger charge is 2.44. The molecule has 6 nitrogen and oxygen atoms in total. The van der Waals surface area contributed by atoms with Gasteiger partial charge in [-0.3, -0.25) is 9.59 Å². The molecule has 2 amide bonds. The third-order valence-corrected chi connectivity index (χ3v) is 6.17. The lowest BCUT2D eigenvalue weighted by atomic mass is 9.78. The summed E-state index contributed by atoms with van der Waals surface area (Å²) in [6, 6.07) is 3.84. The van der Waals surface area contributed by atoms with Crippen molar-refractivity contribution >= 4 is 17.3 Å². The van der Waals surface area contributed by atoms with E-state index in [1.165, 1.54) is 6.42 Å². The van der Waals surface area contributed by atoms with E-state index in [2.05, 4.69) is 4.98 Å². The van der Waals surface area contributed by atoms with Crippen molar-refractivity contribution in [3.8, 4) is 0 Å². The Labute approximate surface area is 153 Å². The van der Waals surface area contributed by atoms with Crippen molar-refractivity contribution in [2.45, 2.75) is 51.5 Å². The number of hydrogen-bond acceptors (Lipinski definition) is 3. The van der Waals surface area contributed by atoms with Gasteiger partial charge in [-0.15, -0.1) is 0 Å². The van der Waals surface area contributed by atoms with Crippen molar-refractivity contribution in [3.63, 3.8) is 0 Å². The molecular weight excluding hydrogens is 328 g/mol. The van der Waals surface area contributed by atoms with Gasteiger partial charge in [-0.25, -0.2) is 4.98 Å². The fourth-order valence-electron chi connectivity index (χ4n) is 4.80. The highest BCUT2D eigenvalue weighted by molar-refractivity contribution is 5.96. The number of hydrogen-bond donors (Lipinski definition) is 0. The first kappa shape index (κ1) is 17.1. The van der Waals surface area contributed by atoms with E-state index >= 15 is 0 Å². The molecule has 1 aliphatic carbocycles. The van der Waals surface area contributed by atoms with Gasteiger partial charge in [-0.1, -0.05) is 19.3 Å². The summed E-state index contributed by atoms with van der Waals surface area (Å²) in [7, 11) is 0. The molecule has 1 saturated carbocycles. The number of nitrogens with zero attached hydrogens (tertiary/aromatic N) is 4. The Morgan fingerprint density at radius 2 is 1.88 bits per heavy atom. The first-order valence-corrected chi connectivity index (χ1v) is 9.51. The van der Waals surface area contributed by atoms with Crippen molar-refractivity contribution in [2.75, 3.05) is 19.6 Å². The fraction of sp³-hybridized carbons (Fsp3) is 0.550. The minimum atomic E-state index is -0.176. The van der Waals surface area contributed by atoms with Crippen molar-refractivity contribution in [3.05, 3.63) is 35.9 Å². The molecule has 0 N–H and O–H groups in total. The van der Waals surface area contributed by atoms with Crippen molar-refractivity contribution in [2.24, 2.45) is 0 Å². The normalized spacial score (nSPS) is 19.9. The van der Waals surface area contributed by atoms with Gasteiger partial charge in [0, 0.05) is 32.3 Å². The van der Waals surface area contributed by atoms with Crippen LogP contribution in [0.5, 0.6) is 0 Å². The Morgan fingerprint density at radius 3 is 2.62 bits per heavy atom. The summed E-state index contributed by atoms with van der Waals surface area (Å²) >= 11 is 0. The predicted molar refractivity (Wildman–Crippen MR) is 99.0 cm³/mol. The highest BCUT2D eigenvalue weighted by atomic mass is 16.2. The van der Waals surface area contributed by atoms with Crippen molar-refractivity contribution < 1.29 is 9.59 Å². The molecule has 138 valence electrons. The smallest absolute Gasteiger partial charge is 0.255 e. The molecule has 6 heteroatoms. The molecule has 1 saturated heterocycles. The minimum Gasteiger partial charge on any atom is -0.334 e. The molecule has 0 aromatic carbocycles. The lowest BCUT2D eigenvalue weighted by Gasteiger charge is -2.52. The number of carbonyl (C=O) groups excluding carboxylic acids is 2. The number of piperazine rings is 1. The lowest BCUT2D eigenvalue weighted by Crippen LogP contribution is -2.65. The van der Waals surface area contributed by atoms with Gasteiger partial charge in [0.15, 0.2) is 0 Å². The maximum Gasteiger partial charge on any atom is 0.255 e. The average Bonchev–Trinajstić information content (AvgIpc) is 3.11. The van der Waals surface area contributed by atoms with E-state index in [-0.39, 0.29) is 17.4 Å². The van der Waals surface area contributed by atoms with E-state index in [0.717, 1.165) is 42.5 Å². The third kappa shape index (κ3) is 2.68. The number of aromatic nitrogens is 2. The minimum absolute atomic E-state index is 0.0613. The predicted octanol–water partition coefficient (Wildman–Crippen LogP) is 2.65. The zero-order valence-electron chi connectivity index (χ0n) is 15.6. The number of rotatable bonds is 1. The summed E-state index contributed by atoms with van der Waals surface area (Å²) in [6.07, 6.45) is 9.02. The molecule has 0 unspecified atom stereocenters. The van der Waals surface area contributed by atoms with E-state index in [1.54, 1.807) is 19.4 Å². The molecule has 1 aliphatic heterocycles. The topological polar surface area (TPSA) is 57.9 Å². The molecule has 3 heterocycles. The van der Waals surface area contributed by atoms with Crippen LogP contribution in [-0.2, 0) is 4.79 Å². The summed E-state index contributed by atoms with van der Waals surface area (Å²) in [5, 5.41) is 0.